The second kappa shape index (κ2) is 7.00. The molecule has 0 amide bonds. The van der Waals surface area contributed by atoms with Gasteiger partial charge in [-0.1, -0.05) is 36.4 Å². The molecule has 0 aliphatic rings. The molecule has 0 fully saturated rings. The van der Waals surface area contributed by atoms with Crippen molar-refractivity contribution in [1.29, 1.82) is 0 Å². The lowest BCUT2D eigenvalue weighted by molar-refractivity contribution is -0.137. The van der Waals surface area contributed by atoms with Gasteiger partial charge in [0, 0.05) is 11.8 Å². The van der Waals surface area contributed by atoms with E-state index in [0.29, 0.717) is 16.8 Å². The number of halogens is 3. The maximum atomic E-state index is 13.3. The molecule has 0 aliphatic carbocycles. The summed E-state index contributed by atoms with van der Waals surface area (Å²) in [6, 6.07) is 15.0. The van der Waals surface area contributed by atoms with E-state index in [4.69, 9.17) is 4.74 Å². The molecule has 26 heavy (non-hydrogen) atoms. The van der Waals surface area contributed by atoms with Crippen molar-refractivity contribution in [2.45, 2.75) is 6.18 Å². The van der Waals surface area contributed by atoms with Crippen molar-refractivity contribution in [2.75, 3.05) is 7.11 Å². The number of pyridine rings is 1. The topological polar surface area (TPSA) is 39.2 Å². The standard InChI is InChI=1S/C20H14F3NO2/c1-26-19(25)16-9-5-11-24-18(16)14-7-4-6-13(12-14)15-8-2-3-10-17(15)20(21,22)23/h2-12H,1H3. The van der Waals surface area contributed by atoms with Gasteiger partial charge in [0.05, 0.1) is 23.9 Å². The highest BCUT2D eigenvalue weighted by molar-refractivity contribution is 5.96. The highest BCUT2D eigenvalue weighted by Gasteiger charge is 2.33. The fraction of sp³-hybridized carbons (Fsp3) is 0.100. The largest absolute Gasteiger partial charge is 0.465 e. The molecule has 0 saturated carbocycles. The normalized spacial score (nSPS) is 11.2. The minimum Gasteiger partial charge on any atom is -0.465 e. The summed E-state index contributed by atoms with van der Waals surface area (Å²) in [5.41, 5.74) is 0.864. The fourth-order valence-corrected chi connectivity index (χ4v) is 2.73. The molecule has 0 unspecified atom stereocenters. The van der Waals surface area contributed by atoms with E-state index in [1.165, 1.54) is 25.4 Å². The molecular formula is C20H14F3NO2. The monoisotopic (exact) mass is 357 g/mol. The Morgan fingerprint density at radius 3 is 2.42 bits per heavy atom. The summed E-state index contributed by atoms with van der Waals surface area (Å²) >= 11 is 0. The van der Waals surface area contributed by atoms with E-state index in [0.717, 1.165) is 6.07 Å². The van der Waals surface area contributed by atoms with Crippen LogP contribution in [-0.4, -0.2) is 18.1 Å². The number of hydrogen-bond donors (Lipinski definition) is 0. The highest BCUT2D eigenvalue weighted by atomic mass is 19.4. The first-order valence-corrected chi connectivity index (χ1v) is 7.72. The molecule has 3 aromatic rings. The van der Waals surface area contributed by atoms with Crippen LogP contribution in [0.3, 0.4) is 0 Å². The van der Waals surface area contributed by atoms with Gasteiger partial charge in [-0.15, -0.1) is 0 Å². The van der Waals surface area contributed by atoms with Crippen LogP contribution in [0.4, 0.5) is 13.2 Å². The van der Waals surface area contributed by atoms with E-state index in [-0.39, 0.29) is 11.1 Å². The lowest BCUT2D eigenvalue weighted by Crippen LogP contribution is -2.07. The smallest absolute Gasteiger partial charge is 0.417 e. The van der Waals surface area contributed by atoms with E-state index < -0.39 is 17.7 Å². The quantitative estimate of drug-likeness (QED) is 0.603. The van der Waals surface area contributed by atoms with Gasteiger partial charge >= 0.3 is 12.1 Å². The molecule has 0 radical (unpaired) electrons. The first kappa shape index (κ1) is 17.7. The van der Waals surface area contributed by atoms with Crippen molar-refractivity contribution in [3.8, 4) is 22.4 Å². The Bertz CT molecular complexity index is 952. The Morgan fingerprint density at radius 1 is 0.962 bits per heavy atom. The Morgan fingerprint density at radius 2 is 1.69 bits per heavy atom. The van der Waals surface area contributed by atoms with Crippen LogP contribution in [0.2, 0.25) is 0 Å². The van der Waals surface area contributed by atoms with Crippen LogP contribution < -0.4 is 0 Å². The second-order valence-electron chi connectivity index (χ2n) is 5.52. The summed E-state index contributed by atoms with van der Waals surface area (Å²) in [6.45, 7) is 0. The van der Waals surface area contributed by atoms with Gasteiger partial charge in [0.2, 0.25) is 0 Å². The second-order valence-corrected chi connectivity index (χ2v) is 5.52. The van der Waals surface area contributed by atoms with Crippen LogP contribution in [0.1, 0.15) is 15.9 Å². The van der Waals surface area contributed by atoms with Gasteiger partial charge in [-0.2, -0.15) is 13.2 Å². The molecule has 0 spiro atoms. The van der Waals surface area contributed by atoms with Gasteiger partial charge in [-0.25, -0.2) is 4.79 Å². The Labute approximate surface area is 148 Å². The Balaban J connectivity index is 2.14. The Hall–Kier alpha value is -3.15. The van der Waals surface area contributed by atoms with Crippen LogP contribution in [0.25, 0.3) is 22.4 Å². The Kier molecular flexibility index (Phi) is 4.75. The number of carbonyl (C=O) groups is 1. The molecule has 2 aromatic carbocycles. The van der Waals surface area contributed by atoms with Crippen LogP contribution in [0.5, 0.6) is 0 Å². The van der Waals surface area contributed by atoms with E-state index in [2.05, 4.69) is 4.98 Å². The number of esters is 1. The van der Waals surface area contributed by atoms with Crippen molar-refractivity contribution in [3.05, 3.63) is 78.0 Å². The summed E-state index contributed by atoms with van der Waals surface area (Å²) in [5, 5.41) is 0. The van der Waals surface area contributed by atoms with Gasteiger partial charge in [-0.05, 0) is 35.4 Å². The number of aromatic nitrogens is 1. The van der Waals surface area contributed by atoms with Gasteiger partial charge < -0.3 is 4.74 Å². The molecule has 0 atom stereocenters. The SMILES string of the molecule is COC(=O)c1cccnc1-c1cccc(-c2ccccc2C(F)(F)F)c1. The van der Waals surface area contributed by atoms with Crippen molar-refractivity contribution in [1.82, 2.24) is 4.98 Å². The zero-order valence-electron chi connectivity index (χ0n) is 13.7. The third kappa shape index (κ3) is 3.44. The van der Waals surface area contributed by atoms with Crippen LogP contribution in [-0.2, 0) is 10.9 Å². The molecule has 0 bridgehead atoms. The molecule has 0 N–H and O–H groups in total. The van der Waals surface area contributed by atoms with Gasteiger partial charge in [-0.3, -0.25) is 4.98 Å². The molecule has 3 rings (SSSR count). The fourth-order valence-electron chi connectivity index (χ4n) is 2.73. The third-order valence-corrected chi connectivity index (χ3v) is 3.89. The van der Waals surface area contributed by atoms with Gasteiger partial charge in [0.15, 0.2) is 0 Å². The van der Waals surface area contributed by atoms with E-state index in [1.54, 1.807) is 42.5 Å². The van der Waals surface area contributed by atoms with Crippen molar-refractivity contribution in [2.24, 2.45) is 0 Å². The number of benzene rings is 2. The van der Waals surface area contributed by atoms with Gasteiger partial charge in [0.25, 0.3) is 0 Å². The van der Waals surface area contributed by atoms with Crippen LogP contribution in [0.15, 0.2) is 66.9 Å². The molecule has 1 aromatic heterocycles. The average Bonchev–Trinajstić information content (AvgIpc) is 2.67. The molecule has 1 heterocycles. The maximum absolute atomic E-state index is 13.3. The molecule has 132 valence electrons. The average molecular weight is 357 g/mol. The zero-order valence-corrected chi connectivity index (χ0v) is 13.7. The summed E-state index contributed by atoms with van der Waals surface area (Å²) in [6.07, 6.45) is -2.95. The predicted octanol–water partition coefficient (Wildman–Crippen LogP) is 5.22. The number of hydrogen-bond acceptors (Lipinski definition) is 3. The van der Waals surface area contributed by atoms with E-state index in [1.807, 2.05) is 0 Å². The number of nitrogens with zero attached hydrogens (tertiary/aromatic N) is 1. The van der Waals surface area contributed by atoms with Crippen molar-refractivity contribution < 1.29 is 22.7 Å². The number of carbonyl (C=O) groups excluding carboxylic acids is 1. The maximum Gasteiger partial charge on any atom is 0.417 e. The molecule has 3 nitrogen and oxygen atoms in total. The molecule has 6 heteroatoms. The third-order valence-electron chi connectivity index (χ3n) is 3.89. The number of alkyl halides is 3. The molecular weight excluding hydrogens is 343 g/mol. The van der Waals surface area contributed by atoms with E-state index in [9.17, 15) is 18.0 Å². The predicted molar refractivity (Wildman–Crippen MR) is 91.5 cm³/mol. The number of methoxy groups -OCH3 is 1. The van der Waals surface area contributed by atoms with E-state index >= 15 is 0 Å². The lowest BCUT2D eigenvalue weighted by Gasteiger charge is -2.14. The van der Waals surface area contributed by atoms with Crippen LogP contribution >= 0.6 is 0 Å². The van der Waals surface area contributed by atoms with Crippen LogP contribution in [0, 0.1) is 0 Å². The molecule has 0 aliphatic heterocycles. The zero-order chi connectivity index (χ0) is 18.7. The first-order chi connectivity index (χ1) is 12.4. The summed E-state index contributed by atoms with van der Waals surface area (Å²) in [5.74, 6) is -0.561. The first-order valence-electron chi connectivity index (χ1n) is 7.72. The molecule has 0 saturated heterocycles. The van der Waals surface area contributed by atoms with Crippen molar-refractivity contribution in [3.63, 3.8) is 0 Å². The highest BCUT2D eigenvalue weighted by Crippen LogP contribution is 2.38. The minimum absolute atomic E-state index is 0.0670. The van der Waals surface area contributed by atoms with Crippen molar-refractivity contribution >= 4 is 5.97 Å². The summed E-state index contributed by atoms with van der Waals surface area (Å²) in [7, 11) is 1.26. The number of ether oxygens (including phenoxy) is 1. The minimum atomic E-state index is -4.46. The number of rotatable bonds is 3. The van der Waals surface area contributed by atoms with Gasteiger partial charge in [0.1, 0.15) is 0 Å². The summed E-state index contributed by atoms with van der Waals surface area (Å²) < 4.78 is 44.6. The summed E-state index contributed by atoms with van der Waals surface area (Å²) in [4.78, 5) is 16.1. The lowest BCUT2D eigenvalue weighted by atomic mass is 9.96.